The number of hydrogen-bond donors (Lipinski definition) is 0. The number of benzene rings is 2. The summed E-state index contributed by atoms with van der Waals surface area (Å²) in [5.41, 5.74) is 2.51. The van der Waals surface area contributed by atoms with Crippen molar-refractivity contribution in [1.82, 2.24) is 0 Å². The van der Waals surface area contributed by atoms with Crippen LogP contribution in [0.5, 0.6) is 11.5 Å². The quantitative estimate of drug-likeness (QED) is 0.424. The standard InChI is InChI=1S/C29H36O2/c1-27(2)15-9-16-28(3)23(18-21-10-5-7-12-25(21)30-28)14-17-29(4)24(20-27)19-22-11-6-8-13-26(22)31-29/h5-13,15,23-24H,14,16-20H2,1-4H3/b15-9-. The van der Waals surface area contributed by atoms with Gasteiger partial charge in [0, 0.05) is 18.3 Å². The van der Waals surface area contributed by atoms with E-state index >= 15 is 0 Å². The predicted octanol–water partition coefficient (Wildman–Crippen LogP) is 7.16. The van der Waals surface area contributed by atoms with Crippen LogP contribution in [-0.2, 0) is 12.8 Å². The van der Waals surface area contributed by atoms with Gasteiger partial charge in [-0.25, -0.2) is 0 Å². The van der Waals surface area contributed by atoms with Crippen molar-refractivity contribution in [1.29, 1.82) is 0 Å². The van der Waals surface area contributed by atoms with E-state index in [-0.39, 0.29) is 16.6 Å². The zero-order valence-electron chi connectivity index (χ0n) is 19.5. The Labute approximate surface area is 187 Å². The molecular formula is C29H36O2. The van der Waals surface area contributed by atoms with Crippen LogP contribution in [0.25, 0.3) is 0 Å². The van der Waals surface area contributed by atoms with Crippen molar-refractivity contribution >= 4 is 0 Å². The van der Waals surface area contributed by atoms with Gasteiger partial charge in [-0.1, -0.05) is 62.4 Å². The van der Waals surface area contributed by atoms with Gasteiger partial charge in [0.05, 0.1) is 0 Å². The zero-order chi connectivity index (χ0) is 21.7. The van der Waals surface area contributed by atoms with E-state index in [2.05, 4.69) is 88.4 Å². The fourth-order valence-corrected chi connectivity index (χ4v) is 6.11. The molecule has 2 aliphatic heterocycles. The minimum absolute atomic E-state index is 0.129. The number of rotatable bonds is 0. The Morgan fingerprint density at radius 3 is 2.00 bits per heavy atom. The van der Waals surface area contributed by atoms with Crippen LogP contribution in [0.3, 0.4) is 0 Å². The molecule has 0 saturated heterocycles. The van der Waals surface area contributed by atoms with Gasteiger partial charge in [0.15, 0.2) is 0 Å². The Morgan fingerprint density at radius 2 is 1.32 bits per heavy atom. The van der Waals surface area contributed by atoms with E-state index < -0.39 is 0 Å². The summed E-state index contributed by atoms with van der Waals surface area (Å²) in [4.78, 5) is 0. The van der Waals surface area contributed by atoms with Crippen LogP contribution in [0, 0.1) is 17.3 Å². The fraction of sp³-hybridized carbons (Fsp3) is 0.517. The van der Waals surface area contributed by atoms with E-state index in [1.54, 1.807) is 0 Å². The third-order valence-corrected chi connectivity index (χ3v) is 8.15. The van der Waals surface area contributed by atoms with Crippen molar-refractivity contribution in [2.75, 3.05) is 0 Å². The molecule has 3 aliphatic rings. The van der Waals surface area contributed by atoms with Crippen LogP contribution in [0.1, 0.15) is 64.5 Å². The number of hydrogen-bond acceptors (Lipinski definition) is 2. The second-order valence-electron chi connectivity index (χ2n) is 11.2. The van der Waals surface area contributed by atoms with Crippen LogP contribution < -0.4 is 9.47 Å². The number of para-hydroxylation sites is 2. The Bertz CT molecular complexity index is 990. The summed E-state index contributed by atoms with van der Waals surface area (Å²) in [6.07, 6.45) is 11.3. The second-order valence-corrected chi connectivity index (χ2v) is 11.2. The maximum atomic E-state index is 6.81. The van der Waals surface area contributed by atoms with E-state index in [0.29, 0.717) is 11.8 Å². The van der Waals surface area contributed by atoms with Crippen molar-refractivity contribution < 1.29 is 9.47 Å². The summed E-state index contributed by atoms with van der Waals surface area (Å²) in [5.74, 6) is 3.13. The van der Waals surface area contributed by atoms with E-state index in [0.717, 1.165) is 50.0 Å². The minimum atomic E-state index is -0.177. The summed E-state index contributed by atoms with van der Waals surface area (Å²) in [6, 6.07) is 17.2. The molecule has 2 nitrogen and oxygen atoms in total. The lowest BCUT2D eigenvalue weighted by Gasteiger charge is -2.47. The Morgan fingerprint density at radius 1 is 0.742 bits per heavy atom. The smallest absolute Gasteiger partial charge is 0.123 e. The molecule has 0 saturated carbocycles. The average molecular weight is 417 g/mol. The average Bonchev–Trinajstić information content (AvgIpc) is 2.73. The number of fused-ring (bicyclic) bond motifs is 4. The third kappa shape index (κ3) is 3.90. The molecular weight excluding hydrogens is 380 g/mol. The molecule has 0 amide bonds. The first kappa shape index (κ1) is 20.7. The highest BCUT2D eigenvalue weighted by atomic mass is 16.5. The molecule has 2 heterocycles. The van der Waals surface area contributed by atoms with E-state index in [9.17, 15) is 0 Å². The third-order valence-electron chi connectivity index (χ3n) is 8.15. The van der Waals surface area contributed by atoms with Crippen molar-refractivity contribution in [2.45, 2.75) is 77.4 Å². The molecule has 2 aromatic rings. The van der Waals surface area contributed by atoms with E-state index in [4.69, 9.17) is 9.47 Å². The van der Waals surface area contributed by atoms with Gasteiger partial charge in [-0.2, -0.15) is 0 Å². The van der Waals surface area contributed by atoms with Crippen LogP contribution >= 0.6 is 0 Å². The second kappa shape index (κ2) is 7.43. The molecule has 2 heteroatoms. The largest absolute Gasteiger partial charge is 0.487 e. The molecule has 31 heavy (non-hydrogen) atoms. The van der Waals surface area contributed by atoms with Crippen LogP contribution in [0.15, 0.2) is 60.7 Å². The Balaban J connectivity index is 1.52. The molecule has 164 valence electrons. The first-order chi connectivity index (χ1) is 14.8. The van der Waals surface area contributed by atoms with Crippen molar-refractivity contribution in [3.8, 4) is 11.5 Å². The summed E-state index contributed by atoms with van der Waals surface area (Å²) >= 11 is 0. The monoisotopic (exact) mass is 416 g/mol. The molecule has 2 aromatic carbocycles. The van der Waals surface area contributed by atoms with Gasteiger partial charge < -0.3 is 9.47 Å². The summed E-state index contributed by atoms with van der Waals surface area (Å²) < 4.78 is 13.5. The Kier molecular flexibility index (Phi) is 4.95. The maximum absolute atomic E-state index is 6.81. The summed E-state index contributed by atoms with van der Waals surface area (Å²) in [5, 5.41) is 0. The molecule has 0 radical (unpaired) electrons. The van der Waals surface area contributed by atoms with Gasteiger partial charge in [-0.3, -0.25) is 0 Å². The zero-order valence-corrected chi connectivity index (χ0v) is 19.5. The van der Waals surface area contributed by atoms with Gasteiger partial charge in [-0.15, -0.1) is 0 Å². The normalized spacial score (nSPS) is 35.0. The van der Waals surface area contributed by atoms with Gasteiger partial charge in [-0.05, 0) is 74.6 Å². The van der Waals surface area contributed by atoms with Crippen LogP contribution in [-0.4, -0.2) is 11.2 Å². The summed E-state index contributed by atoms with van der Waals surface area (Å²) in [7, 11) is 0. The highest BCUT2D eigenvalue weighted by Gasteiger charge is 2.46. The lowest BCUT2D eigenvalue weighted by molar-refractivity contribution is -0.0357. The van der Waals surface area contributed by atoms with Crippen LogP contribution in [0.4, 0.5) is 0 Å². The van der Waals surface area contributed by atoms with Gasteiger partial charge in [0.2, 0.25) is 0 Å². The molecule has 0 aromatic heterocycles. The Hall–Kier alpha value is -2.22. The summed E-state index contributed by atoms with van der Waals surface area (Å²) in [6.45, 7) is 9.43. The highest BCUT2D eigenvalue weighted by Crippen LogP contribution is 2.48. The van der Waals surface area contributed by atoms with Crippen molar-refractivity contribution in [2.24, 2.45) is 17.3 Å². The van der Waals surface area contributed by atoms with E-state index in [1.807, 2.05) is 0 Å². The first-order valence-electron chi connectivity index (χ1n) is 12.0. The van der Waals surface area contributed by atoms with Crippen LogP contribution in [0.2, 0.25) is 0 Å². The molecule has 5 rings (SSSR count). The molecule has 4 unspecified atom stereocenters. The molecule has 0 spiro atoms. The molecule has 0 N–H and O–H groups in total. The topological polar surface area (TPSA) is 18.5 Å². The predicted molar refractivity (Wildman–Crippen MR) is 127 cm³/mol. The van der Waals surface area contributed by atoms with Gasteiger partial charge in [0.1, 0.15) is 22.7 Å². The molecule has 1 aliphatic carbocycles. The lowest BCUT2D eigenvalue weighted by Crippen LogP contribution is -2.49. The fourth-order valence-electron chi connectivity index (χ4n) is 6.11. The first-order valence-corrected chi connectivity index (χ1v) is 12.0. The molecule has 0 fully saturated rings. The van der Waals surface area contributed by atoms with Gasteiger partial charge in [0.25, 0.3) is 0 Å². The maximum Gasteiger partial charge on any atom is 0.123 e. The number of allylic oxidation sites excluding steroid dienone is 1. The molecule has 0 bridgehead atoms. The minimum Gasteiger partial charge on any atom is -0.487 e. The SMILES string of the molecule is CC1(C)/C=C\CC2(C)Oc3ccccc3CC2CCC2(C)Oc3ccccc3CC2C1. The lowest BCUT2D eigenvalue weighted by atomic mass is 9.69. The number of ether oxygens (including phenoxy) is 2. The van der Waals surface area contributed by atoms with E-state index in [1.165, 1.54) is 11.1 Å². The van der Waals surface area contributed by atoms with Crippen molar-refractivity contribution in [3.05, 3.63) is 71.8 Å². The highest BCUT2D eigenvalue weighted by molar-refractivity contribution is 5.38. The molecule has 4 atom stereocenters. The van der Waals surface area contributed by atoms with Gasteiger partial charge >= 0.3 is 0 Å². The van der Waals surface area contributed by atoms with Crippen molar-refractivity contribution in [3.63, 3.8) is 0 Å².